The number of benzene rings is 1. The SMILES string of the molecule is Cc1ccc(NCc2cc[nH]c2)cc1[N+](=O)[O-]. The second kappa shape index (κ2) is 4.69. The second-order valence-corrected chi connectivity index (χ2v) is 3.83. The predicted molar refractivity (Wildman–Crippen MR) is 66.0 cm³/mol. The number of aryl methyl sites for hydroxylation is 1. The summed E-state index contributed by atoms with van der Waals surface area (Å²) in [6.45, 7) is 2.37. The van der Waals surface area contributed by atoms with Crippen molar-refractivity contribution in [3.05, 3.63) is 57.9 Å². The van der Waals surface area contributed by atoms with Crippen molar-refractivity contribution in [1.29, 1.82) is 0 Å². The van der Waals surface area contributed by atoms with E-state index < -0.39 is 0 Å². The smallest absolute Gasteiger partial charge is 0.274 e. The number of anilines is 1. The molecule has 2 N–H and O–H groups in total. The molecule has 5 heteroatoms. The Balaban J connectivity index is 2.11. The molecule has 0 amide bonds. The maximum absolute atomic E-state index is 10.8. The summed E-state index contributed by atoms with van der Waals surface area (Å²) in [5.74, 6) is 0. The van der Waals surface area contributed by atoms with Crippen LogP contribution in [0.1, 0.15) is 11.1 Å². The molecular weight excluding hydrogens is 218 g/mol. The molecule has 0 saturated carbocycles. The first-order valence-corrected chi connectivity index (χ1v) is 5.27. The number of hydrogen-bond acceptors (Lipinski definition) is 3. The average molecular weight is 231 g/mol. The third kappa shape index (κ3) is 2.63. The standard InChI is InChI=1S/C12H13N3O2/c1-9-2-3-11(6-12(9)15(16)17)14-8-10-4-5-13-7-10/h2-7,13-14H,8H2,1H3. The van der Waals surface area contributed by atoms with Gasteiger partial charge < -0.3 is 10.3 Å². The van der Waals surface area contributed by atoms with Crippen LogP contribution in [-0.4, -0.2) is 9.91 Å². The highest BCUT2D eigenvalue weighted by molar-refractivity contribution is 5.55. The summed E-state index contributed by atoms with van der Waals surface area (Å²) in [4.78, 5) is 13.4. The summed E-state index contributed by atoms with van der Waals surface area (Å²) in [6, 6.07) is 7.10. The van der Waals surface area contributed by atoms with Gasteiger partial charge in [0.1, 0.15) is 0 Å². The molecular formula is C12H13N3O2. The number of nitrogens with one attached hydrogen (secondary N) is 2. The molecule has 0 atom stereocenters. The summed E-state index contributed by atoms with van der Waals surface area (Å²) < 4.78 is 0. The van der Waals surface area contributed by atoms with E-state index in [2.05, 4.69) is 10.3 Å². The number of hydrogen-bond donors (Lipinski definition) is 2. The van der Waals surface area contributed by atoms with Gasteiger partial charge in [0.15, 0.2) is 0 Å². The first-order chi connectivity index (χ1) is 8.16. The average Bonchev–Trinajstić information content (AvgIpc) is 2.80. The molecule has 1 heterocycles. The minimum atomic E-state index is -0.364. The van der Waals surface area contributed by atoms with Crippen molar-refractivity contribution in [3.8, 4) is 0 Å². The number of nitro benzene ring substituents is 1. The summed E-state index contributed by atoms with van der Waals surface area (Å²) in [7, 11) is 0. The van der Waals surface area contributed by atoms with Crippen molar-refractivity contribution in [2.45, 2.75) is 13.5 Å². The zero-order valence-electron chi connectivity index (χ0n) is 9.43. The molecule has 1 aromatic heterocycles. The quantitative estimate of drug-likeness (QED) is 0.627. The van der Waals surface area contributed by atoms with E-state index in [-0.39, 0.29) is 10.6 Å². The largest absolute Gasteiger partial charge is 0.381 e. The first kappa shape index (κ1) is 11.2. The maximum Gasteiger partial charge on any atom is 0.274 e. The molecule has 17 heavy (non-hydrogen) atoms. The van der Waals surface area contributed by atoms with Crippen LogP contribution in [-0.2, 0) is 6.54 Å². The molecule has 0 bridgehead atoms. The Bertz CT molecular complexity index is 521. The molecule has 1 aromatic carbocycles. The second-order valence-electron chi connectivity index (χ2n) is 3.83. The molecule has 5 nitrogen and oxygen atoms in total. The van der Waals surface area contributed by atoms with Gasteiger partial charge in [-0.1, -0.05) is 6.07 Å². The van der Waals surface area contributed by atoms with E-state index in [1.165, 1.54) is 0 Å². The fourth-order valence-corrected chi connectivity index (χ4v) is 1.59. The zero-order valence-corrected chi connectivity index (χ0v) is 9.43. The zero-order chi connectivity index (χ0) is 12.3. The normalized spacial score (nSPS) is 10.2. The van der Waals surface area contributed by atoms with Crippen molar-refractivity contribution in [3.63, 3.8) is 0 Å². The van der Waals surface area contributed by atoms with E-state index in [0.29, 0.717) is 12.1 Å². The molecule has 2 rings (SSSR count). The number of aromatic amines is 1. The Labute approximate surface area is 98.6 Å². The van der Waals surface area contributed by atoms with Gasteiger partial charge in [0.2, 0.25) is 0 Å². The lowest BCUT2D eigenvalue weighted by molar-refractivity contribution is -0.385. The monoisotopic (exact) mass is 231 g/mol. The van der Waals surface area contributed by atoms with Crippen molar-refractivity contribution >= 4 is 11.4 Å². The summed E-state index contributed by atoms with van der Waals surface area (Å²) >= 11 is 0. The van der Waals surface area contributed by atoms with E-state index in [1.807, 2.05) is 24.5 Å². The van der Waals surface area contributed by atoms with Crippen LogP contribution in [0.25, 0.3) is 0 Å². The van der Waals surface area contributed by atoms with Crippen molar-refractivity contribution in [1.82, 2.24) is 4.98 Å². The number of rotatable bonds is 4. The minimum absolute atomic E-state index is 0.143. The highest BCUT2D eigenvalue weighted by Gasteiger charge is 2.10. The molecule has 0 radical (unpaired) electrons. The summed E-state index contributed by atoms with van der Waals surface area (Å²) in [6.07, 6.45) is 3.73. The molecule has 0 aliphatic rings. The third-order valence-electron chi connectivity index (χ3n) is 2.56. The van der Waals surface area contributed by atoms with Crippen LogP contribution in [0.3, 0.4) is 0 Å². The molecule has 2 aromatic rings. The maximum atomic E-state index is 10.8. The van der Waals surface area contributed by atoms with Crippen LogP contribution >= 0.6 is 0 Å². The van der Waals surface area contributed by atoms with Gasteiger partial charge in [-0.15, -0.1) is 0 Å². The van der Waals surface area contributed by atoms with E-state index >= 15 is 0 Å². The van der Waals surface area contributed by atoms with Crippen LogP contribution < -0.4 is 5.32 Å². The van der Waals surface area contributed by atoms with Crippen LogP contribution in [0.2, 0.25) is 0 Å². The highest BCUT2D eigenvalue weighted by atomic mass is 16.6. The van der Waals surface area contributed by atoms with Crippen molar-refractivity contribution < 1.29 is 4.92 Å². The van der Waals surface area contributed by atoms with Gasteiger partial charge in [-0.2, -0.15) is 0 Å². The van der Waals surface area contributed by atoms with Gasteiger partial charge in [-0.25, -0.2) is 0 Å². The van der Waals surface area contributed by atoms with Crippen LogP contribution in [0.15, 0.2) is 36.7 Å². The molecule has 0 fully saturated rings. The number of aromatic nitrogens is 1. The van der Waals surface area contributed by atoms with Gasteiger partial charge >= 0.3 is 0 Å². The minimum Gasteiger partial charge on any atom is -0.381 e. The number of nitro groups is 1. The molecule has 0 aliphatic carbocycles. The van der Waals surface area contributed by atoms with E-state index in [9.17, 15) is 10.1 Å². The lowest BCUT2D eigenvalue weighted by Gasteiger charge is -2.05. The predicted octanol–water partition coefficient (Wildman–Crippen LogP) is 2.84. The Morgan fingerprint density at radius 2 is 2.24 bits per heavy atom. The van der Waals surface area contributed by atoms with Crippen LogP contribution in [0.4, 0.5) is 11.4 Å². The van der Waals surface area contributed by atoms with Gasteiger partial charge in [-0.05, 0) is 24.6 Å². The molecule has 0 unspecified atom stereocenters. The van der Waals surface area contributed by atoms with Gasteiger partial charge in [0.25, 0.3) is 5.69 Å². The molecule has 88 valence electrons. The van der Waals surface area contributed by atoms with Gasteiger partial charge in [0, 0.05) is 36.3 Å². The molecule has 0 spiro atoms. The Morgan fingerprint density at radius 1 is 1.41 bits per heavy atom. The van der Waals surface area contributed by atoms with Crippen molar-refractivity contribution in [2.75, 3.05) is 5.32 Å². The van der Waals surface area contributed by atoms with E-state index in [0.717, 1.165) is 11.3 Å². The Hall–Kier alpha value is -2.30. The van der Waals surface area contributed by atoms with Crippen LogP contribution in [0.5, 0.6) is 0 Å². The van der Waals surface area contributed by atoms with Gasteiger partial charge in [0.05, 0.1) is 4.92 Å². The lowest BCUT2D eigenvalue weighted by Crippen LogP contribution is -1.99. The Kier molecular flexibility index (Phi) is 3.09. The Morgan fingerprint density at radius 3 is 2.88 bits per heavy atom. The topological polar surface area (TPSA) is 71.0 Å². The van der Waals surface area contributed by atoms with E-state index in [1.54, 1.807) is 19.1 Å². The highest BCUT2D eigenvalue weighted by Crippen LogP contribution is 2.22. The fraction of sp³-hybridized carbons (Fsp3) is 0.167. The third-order valence-corrected chi connectivity index (χ3v) is 2.56. The number of H-pyrrole nitrogens is 1. The van der Waals surface area contributed by atoms with E-state index in [4.69, 9.17) is 0 Å². The summed E-state index contributed by atoms with van der Waals surface area (Å²) in [5.41, 5.74) is 2.67. The van der Waals surface area contributed by atoms with Crippen LogP contribution in [0, 0.1) is 17.0 Å². The molecule has 0 saturated heterocycles. The molecule has 0 aliphatic heterocycles. The number of nitrogens with zero attached hydrogens (tertiary/aromatic N) is 1. The van der Waals surface area contributed by atoms with Crippen molar-refractivity contribution in [2.24, 2.45) is 0 Å². The summed E-state index contributed by atoms with van der Waals surface area (Å²) in [5, 5.41) is 13.9. The fourth-order valence-electron chi connectivity index (χ4n) is 1.59. The van der Waals surface area contributed by atoms with Gasteiger partial charge in [-0.3, -0.25) is 10.1 Å². The lowest BCUT2D eigenvalue weighted by atomic mass is 10.2. The first-order valence-electron chi connectivity index (χ1n) is 5.27.